The van der Waals surface area contributed by atoms with Crippen LogP contribution in [-0.2, 0) is 9.84 Å². The van der Waals surface area contributed by atoms with Crippen LogP contribution >= 0.6 is 0 Å². The summed E-state index contributed by atoms with van der Waals surface area (Å²) in [5.74, 6) is -0.576. The first-order valence-corrected chi connectivity index (χ1v) is 7.01. The molecule has 4 nitrogen and oxygen atoms in total. The Kier molecular flexibility index (Phi) is 2.79. The van der Waals surface area contributed by atoms with E-state index in [1.807, 2.05) is 0 Å². The van der Waals surface area contributed by atoms with E-state index in [4.69, 9.17) is 5.26 Å². The van der Waals surface area contributed by atoms with E-state index in [0.29, 0.717) is 18.8 Å². The van der Waals surface area contributed by atoms with Gasteiger partial charge in [0.05, 0.1) is 10.9 Å². The molecule has 0 unspecified atom stereocenters. The van der Waals surface area contributed by atoms with Crippen LogP contribution in [-0.4, -0.2) is 33.0 Å². The van der Waals surface area contributed by atoms with Gasteiger partial charge in [0.2, 0.25) is 0 Å². The van der Waals surface area contributed by atoms with Crippen LogP contribution in [0, 0.1) is 17.1 Å². The molecule has 0 N–H and O–H groups in total. The highest BCUT2D eigenvalue weighted by Crippen LogP contribution is 2.28. The SMILES string of the molecule is CS(=O)(=O)C1CN(c2cccc(F)c2C#N)C1. The van der Waals surface area contributed by atoms with Crippen LogP contribution in [0.2, 0.25) is 0 Å². The molecule has 0 amide bonds. The van der Waals surface area contributed by atoms with Crippen molar-refractivity contribution >= 4 is 15.5 Å². The molecule has 0 bridgehead atoms. The molecule has 1 aliphatic heterocycles. The number of halogens is 1. The number of sulfone groups is 1. The molecule has 1 aromatic carbocycles. The Hall–Kier alpha value is -1.61. The fourth-order valence-corrected chi connectivity index (χ4v) is 2.69. The highest BCUT2D eigenvalue weighted by molar-refractivity contribution is 7.91. The highest BCUT2D eigenvalue weighted by Gasteiger charge is 2.35. The van der Waals surface area contributed by atoms with Crippen LogP contribution in [0.1, 0.15) is 5.56 Å². The fraction of sp³-hybridized carbons (Fsp3) is 0.364. The molecule has 2 rings (SSSR count). The van der Waals surface area contributed by atoms with Gasteiger partial charge in [-0.3, -0.25) is 0 Å². The van der Waals surface area contributed by atoms with Crippen LogP contribution in [0.15, 0.2) is 18.2 Å². The topological polar surface area (TPSA) is 61.2 Å². The number of anilines is 1. The number of rotatable bonds is 2. The van der Waals surface area contributed by atoms with E-state index in [0.717, 1.165) is 0 Å². The molecule has 1 aromatic rings. The lowest BCUT2D eigenvalue weighted by Gasteiger charge is -2.40. The zero-order chi connectivity index (χ0) is 12.6. The molecule has 0 radical (unpaired) electrons. The van der Waals surface area contributed by atoms with Crippen molar-refractivity contribution < 1.29 is 12.8 Å². The zero-order valence-corrected chi connectivity index (χ0v) is 10.0. The molecule has 90 valence electrons. The minimum atomic E-state index is -3.06. The molecular formula is C11H11FN2O2S. The largest absolute Gasteiger partial charge is 0.368 e. The second-order valence-electron chi connectivity index (χ2n) is 4.10. The van der Waals surface area contributed by atoms with Gasteiger partial charge in [-0.25, -0.2) is 12.8 Å². The van der Waals surface area contributed by atoms with Gasteiger partial charge in [0.1, 0.15) is 17.4 Å². The molecule has 17 heavy (non-hydrogen) atoms. The third-order valence-corrected chi connectivity index (χ3v) is 4.41. The first-order chi connectivity index (χ1) is 7.93. The maximum atomic E-state index is 13.3. The molecule has 1 fully saturated rings. The third-order valence-electron chi connectivity index (χ3n) is 2.90. The van der Waals surface area contributed by atoms with Gasteiger partial charge in [0, 0.05) is 19.3 Å². The van der Waals surface area contributed by atoms with Crippen molar-refractivity contribution in [3.05, 3.63) is 29.6 Å². The number of benzene rings is 1. The lowest BCUT2D eigenvalue weighted by atomic mass is 10.1. The number of nitrogens with zero attached hydrogens (tertiary/aromatic N) is 2. The smallest absolute Gasteiger partial charge is 0.153 e. The fourth-order valence-electron chi connectivity index (χ4n) is 1.79. The maximum Gasteiger partial charge on any atom is 0.153 e. The molecule has 0 aliphatic carbocycles. The summed E-state index contributed by atoms with van der Waals surface area (Å²) in [7, 11) is -3.06. The molecule has 0 spiro atoms. The number of hydrogen-bond donors (Lipinski definition) is 0. The summed E-state index contributed by atoms with van der Waals surface area (Å²) in [4.78, 5) is 1.70. The summed E-state index contributed by atoms with van der Waals surface area (Å²) >= 11 is 0. The van der Waals surface area contributed by atoms with Gasteiger partial charge in [0.15, 0.2) is 9.84 Å². The minimum Gasteiger partial charge on any atom is -0.368 e. The summed E-state index contributed by atoms with van der Waals surface area (Å²) in [5, 5.41) is 8.44. The highest BCUT2D eigenvalue weighted by atomic mass is 32.2. The average molecular weight is 254 g/mol. The van der Waals surface area contributed by atoms with E-state index in [-0.39, 0.29) is 5.56 Å². The second-order valence-corrected chi connectivity index (χ2v) is 6.43. The average Bonchev–Trinajstić information content (AvgIpc) is 2.13. The molecule has 6 heteroatoms. The van der Waals surface area contributed by atoms with E-state index in [1.165, 1.54) is 18.4 Å². The van der Waals surface area contributed by atoms with Gasteiger partial charge >= 0.3 is 0 Å². The van der Waals surface area contributed by atoms with Crippen molar-refractivity contribution in [3.63, 3.8) is 0 Å². The molecular weight excluding hydrogens is 243 g/mol. The minimum absolute atomic E-state index is 0.0283. The molecule has 1 aliphatic rings. The van der Waals surface area contributed by atoms with Crippen LogP contribution < -0.4 is 4.90 Å². The van der Waals surface area contributed by atoms with Crippen LogP contribution in [0.3, 0.4) is 0 Å². The van der Waals surface area contributed by atoms with E-state index < -0.39 is 20.9 Å². The zero-order valence-electron chi connectivity index (χ0n) is 9.22. The van der Waals surface area contributed by atoms with Crippen LogP contribution in [0.5, 0.6) is 0 Å². The lowest BCUT2D eigenvalue weighted by molar-refractivity contribution is 0.545. The van der Waals surface area contributed by atoms with E-state index in [2.05, 4.69) is 0 Å². The van der Waals surface area contributed by atoms with Gasteiger partial charge < -0.3 is 4.90 Å². The van der Waals surface area contributed by atoms with Gasteiger partial charge in [-0.15, -0.1) is 0 Å². The first-order valence-electron chi connectivity index (χ1n) is 5.06. The Bertz CT molecular complexity index is 586. The van der Waals surface area contributed by atoms with Gasteiger partial charge in [-0.05, 0) is 12.1 Å². The van der Waals surface area contributed by atoms with Gasteiger partial charge in [-0.1, -0.05) is 6.07 Å². The predicted molar refractivity (Wildman–Crippen MR) is 62.0 cm³/mol. The normalized spacial score (nSPS) is 16.4. The lowest BCUT2D eigenvalue weighted by Crippen LogP contribution is -2.54. The van der Waals surface area contributed by atoms with Gasteiger partial charge in [0.25, 0.3) is 0 Å². The second kappa shape index (κ2) is 4.00. The predicted octanol–water partition coefficient (Wildman–Crippen LogP) is 0.931. The molecule has 1 saturated heterocycles. The van der Waals surface area contributed by atoms with Crippen molar-refractivity contribution in [2.45, 2.75) is 5.25 Å². The Morgan fingerprint density at radius 1 is 1.47 bits per heavy atom. The Morgan fingerprint density at radius 3 is 2.65 bits per heavy atom. The van der Waals surface area contributed by atoms with Crippen molar-refractivity contribution in [3.8, 4) is 6.07 Å². The summed E-state index contributed by atoms with van der Waals surface area (Å²) in [6.45, 7) is 0.633. The van der Waals surface area contributed by atoms with Gasteiger partial charge in [-0.2, -0.15) is 5.26 Å². The molecule has 0 atom stereocenters. The van der Waals surface area contributed by atoms with Crippen molar-refractivity contribution in [2.24, 2.45) is 0 Å². The third kappa shape index (κ3) is 2.11. The van der Waals surface area contributed by atoms with Crippen molar-refractivity contribution in [2.75, 3.05) is 24.2 Å². The van der Waals surface area contributed by atoms with E-state index >= 15 is 0 Å². The molecule has 1 heterocycles. The Balaban J connectivity index is 2.23. The molecule has 0 saturated carbocycles. The quantitative estimate of drug-likeness (QED) is 0.787. The maximum absolute atomic E-state index is 13.3. The summed E-state index contributed by atoms with van der Waals surface area (Å²) < 4.78 is 35.8. The van der Waals surface area contributed by atoms with Crippen LogP contribution in [0.4, 0.5) is 10.1 Å². The monoisotopic (exact) mass is 254 g/mol. The van der Waals surface area contributed by atoms with Crippen LogP contribution in [0.25, 0.3) is 0 Å². The standard InChI is InChI=1S/C11H11FN2O2S/c1-17(15,16)8-6-14(7-8)11-4-2-3-10(12)9(11)5-13/h2-4,8H,6-7H2,1H3. The summed E-state index contributed by atoms with van der Waals surface area (Å²) in [6, 6.07) is 6.16. The number of nitriles is 1. The van der Waals surface area contributed by atoms with Crippen molar-refractivity contribution in [1.29, 1.82) is 5.26 Å². The Labute approximate surface area is 99.2 Å². The van der Waals surface area contributed by atoms with Crippen molar-refractivity contribution in [1.82, 2.24) is 0 Å². The summed E-state index contributed by atoms with van der Waals surface area (Å²) in [6.07, 6.45) is 1.19. The number of hydrogen-bond acceptors (Lipinski definition) is 4. The molecule has 0 aromatic heterocycles. The van der Waals surface area contributed by atoms with E-state index in [9.17, 15) is 12.8 Å². The summed E-state index contributed by atoms with van der Waals surface area (Å²) in [5.41, 5.74) is 0.437. The first kappa shape index (κ1) is 11.9. The Morgan fingerprint density at radius 2 is 2.12 bits per heavy atom. The van der Waals surface area contributed by atoms with E-state index in [1.54, 1.807) is 17.0 Å².